The molecular weight excluding hydrogens is 140 g/mol. The first-order valence-electron chi connectivity index (χ1n) is 2.71. The Hall–Kier alpha value is -0.500. The summed E-state index contributed by atoms with van der Waals surface area (Å²) >= 11 is 5.38. The lowest BCUT2D eigenvalue weighted by molar-refractivity contribution is -0.137. The summed E-state index contributed by atoms with van der Waals surface area (Å²) in [6.07, 6.45) is 1.50. The van der Waals surface area contributed by atoms with E-state index in [2.05, 4.69) is 4.74 Å². The standard InChI is InChI=1S/C6H9ClO2/c1-3-5(7)6(8)9-4-2/h3H,4H2,1-2H3/b5-3+. The van der Waals surface area contributed by atoms with E-state index < -0.39 is 5.97 Å². The molecule has 0 fully saturated rings. The van der Waals surface area contributed by atoms with Crippen molar-refractivity contribution in [1.29, 1.82) is 0 Å². The first kappa shape index (κ1) is 8.50. The highest BCUT2D eigenvalue weighted by atomic mass is 35.5. The van der Waals surface area contributed by atoms with E-state index in [0.717, 1.165) is 0 Å². The molecule has 0 N–H and O–H groups in total. The molecule has 0 aliphatic carbocycles. The monoisotopic (exact) mass is 148 g/mol. The van der Waals surface area contributed by atoms with E-state index in [4.69, 9.17) is 11.6 Å². The second-order valence-corrected chi connectivity index (χ2v) is 1.76. The van der Waals surface area contributed by atoms with Gasteiger partial charge in [-0.25, -0.2) is 4.79 Å². The lowest BCUT2D eigenvalue weighted by Crippen LogP contribution is -2.02. The molecule has 0 rings (SSSR count). The van der Waals surface area contributed by atoms with Gasteiger partial charge in [0.25, 0.3) is 0 Å². The zero-order valence-electron chi connectivity index (χ0n) is 5.48. The molecule has 9 heavy (non-hydrogen) atoms. The molecule has 0 aromatic rings. The summed E-state index contributed by atoms with van der Waals surface area (Å²) < 4.78 is 4.56. The maximum atomic E-state index is 10.6. The van der Waals surface area contributed by atoms with Gasteiger partial charge < -0.3 is 4.74 Å². The minimum atomic E-state index is -0.457. The molecule has 3 heteroatoms. The Morgan fingerprint density at radius 1 is 1.78 bits per heavy atom. The number of hydrogen-bond acceptors (Lipinski definition) is 2. The zero-order valence-corrected chi connectivity index (χ0v) is 6.23. The molecule has 0 radical (unpaired) electrons. The van der Waals surface area contributed by atoms with Crippen LogP contribution in [0.1, 0.15) is 13.8 Å². The number of esters is 1. The van der Waals surface area contributed by atoms with Crippen molar-refractivity contribution in [3.8, 4) is 0 Å². The fraction of sp³-hybridized carbons (Fsp3) is 0.500. The Labute approximate surface area is 59.5 Å². The van der Waals surface area contributed by atoms with Gasteiger partial charge in [0.1, 0.15) is 5.03 Å². The normalized spacial score (nSPS) is 11.2. The fourth-order valence-corrected chi connectivity index (χ4v) is 0.372. The van der Waals surface area contributed by atoms with Gasteiger partial charge in [-0.2, -0.15) is 0 Å². The summed E-state index contributed by atoms with van der Waals surface area (Å²) in [4.78, 5) is 10.6. The Morgan fingerprint density at radius 2 is 2.33 bits per heavy atom. The van der Waals surface area contributed by atoms with Crippen LogP contribution in [0.15, 0.2) is 11.1 Å². The molecule has 0 aliphatic heterocycles. The van der Waals surface area contributed by atoms with E-state index in [-0.39, 0.29) is 5.03 Å². The van der Waals surface area contributed by atoms with Crippen LogP contribution in [0.3, 0.4) is 0 Å². The molecule has 0 aliphatic rings. The van der Waals surface area contributed by atoms with Crippen molar-refractivity contribution in [2.75, 3.05) is 6.61 Å². The minimum absolute atomic E-state index is 0.136. The van der Waals surface area contributed by atoms with Gasteiger partial charge >= 0.3 is 5.97 Å². The number of ether oxygens (including phenoxy) is 1. The number of halogens is 1. The lowest BCUT2D eigenvalue weighted by Gasteiger charge is -1.96. The Balaban J connectivity index is 3.74. The second kappa shape index (κ2) is 4.39. The van der Waals surface area contributed by atoms with E-state index in [1.54, 1.807) is 13.8 Å². The van der Waals surface area contributed by atoms with Crippen molar-refractivity contribution in [3.63, 3.8) is 0 Å². The smallest absolute Gasteiger partial charge is 0.349 e. The number of allylic oxidation sites excluding steroid dienone is 1. The summed E-state index contributed by atoms with van der Waals surface area (Å²) in [5.74, 6) is -0.457. The molecule has 0 saturated heterocycles. The maximum absolute atomic E-state index is 10.6. The third-order valence-corrected chi connectivity index (χ3v) is 1.10. The van der Waals surface area contributed by atoms with Gasteiger partial charge in [0.15, 0.2) is 0 Å². The summed E-state index contributed by atoms with van der Waals surface area (Å²) in [5.41, 5.74) is 0. The van der Waals surface area contributed by atoms with Crippen LogP contribution in [0.5, 0.6) is 0 Å². The highest BCUT2D eigenvalue weighted by Crippen LogP contribution is 2.02. The van der Waals surface area contributed by atoms with Crippen molar-refractivity contribution >= 4 is 17.6 Å². The van der Waals surface area contributed by atoms with E-state index in [0.29, 0.717) is 6.61 Å². The quantitative estimate of drug-likeness (QED) is 0.440. The van der Waals surface area contributed by atoms with Gasteiger partial charge in [-0.3, -0.25) is 0 Å². The van der Waals surface area contributed by atoms with Crippen molar-refractivity contribution in [3.05, 3.63) is 11.1 Å². The predicted octanol–water partition coefficient (Wildman–Crippen LogP) is 1.69. The molecule has 0 bridgehead atoms. The molecule has 0 saturated carbocycles. The lowest BCUT2D eigenvalue weighted by atomic mass is 10.5. The van der Waals surface area contributed by atoms with Crippen LogP contribution < -0.4 is 0 Å². The largest absolute Gasteiger partial charge is 0.462 e. The van der Waals surface area contributed by atoms with Crippen molar-refractivity contribution in [2.45, 2.75) is 13.8 Å². The first-order valence-corrected chi connectivity index (χ1v) is 3.09. The van der Waals surface area contributed by atoms with E-state index in [9.17, 15) is 4.79 Å². The van der Waals surface area contributed by atoms with Gasteiger partial charge in [-0.1, -0.05) is 17.7 Å². The molecule has 0 spiro atoms. The minimum Gasteiger partial charge on any atom is -0.462 e. The zero-order chi connectivity index (χ0) is 7.28. The molecular formula is C6H9ClO2. The molecule has 0 aromatic carbocycles. The van der Waals surface area contributed by atoms with Crippen LogP contribution in [-0.2, 0) is 9.53 Å². The predicted molar refractivity (Wildman–Crippen MR) is 36.2 cm³/mol. The maximum Gasteiger partial charge on any atom is 0.349 e. The molecule has 0 aromatic heterocycles. The summed E-state index contributed by atoms with van der Waals surface area (Å²) in [6, 6.07) is 0. The van der Waals surface area contributed by atoms with Crippen LogP contribution in [-0.4, -0.2) is 12.6 Å². The van der Waals surface area contributed by atoms with Gasteiger partial charge in [-0.15, -0.1) is 0 Å². The molecule has 0 amide bonds. The van der Waals surface area contributed by atoms with Crippen LogP contribution in [0.2, 0.25) is 0 Å². The number of carbonyl (C=O) groups is 1. The number of hydrogen-bond donors (Lipinski definition) is 0. The Morgan fingerprint density at radius 3 is 2.67 bits per heavy atom. The highest BCUT2D eigenvalue weighted by molar-refractivity contribution is 6.41. The number of rotatable bonds is 2. The van der Waals surface area contributed by atoms with Crippen LogP contribution >= 0.6 is 11.6 Å². The van der Waals surface area contributed by atoms with Crippen molar-refractivity contribution in [2.24, 2.45) is 0 Å². The van der Waals surface area contributed by atoms with E-state index in [1.165, 1.54) is 6.08 Å². The third-order valence-electron chi connectivity index (χ3n) is 0.724. The average molecular weight is 149 g/mol. The number of carbonyl (C=O) groups excluding carboxylic acids is 1. The first-order chi connectivity index (χ1) is 4.22. The molecule has 0 atom stereocenters. The highest BCUT2D eigenvalue weighted by Gasteiger charge is 2.03. The van der Waals surface area contributed by atoms with E-state index >= 15 is 0 Å². The molecule has 0 unspecified atom stereocenters. The van der Waals surface area contributed by atoms with Gasteiger partial charge in [0.2, 0.25) is 0 Å². The summed E-state index contributed by atoms with van der Waals surface area (Å²) in [7, 11) is 0. The van der Waals surface area contributed by atoms with E-state index in [1.807, 2.05) is 0 Å². The molecule has 2 nitrogen and oxygen atoms in total. The SMILES string of the molecule is C/C=C(/Cl)C(=O)OCC. The Kier molecular flexibility index (Phi) is 4.14. The van der Waals surface area contributed by atoms with Crippen molar-refractivity contribution < 1.29 is 9.53 Å². The summed E-state index contributed by atoms with van der Waals surface area (Å²) in [6.45, 7) is 3.78. The van der Waals surface area contributed by atoms with Crippen LogP contribution in [0.25, 0.3) is 0 Å². The fourth-order valence-electron chi connectivity index (χ4n) is 0.318. The van der Waals surface area contributed by atoms with Crippen LogP contribution in [0, 0.1) is 0 Å². The molecule has 0 heterocycles. The average Bonchev–Trinajstić information content (AvgIpc) is 1.87. The topological polar surface area (TPSA) is 26.3 Å². The second-order valence-electron chi connectivity index (χ2n) is 1.36. The summed E-state index contributed by atoms with van der Waals surface area (Å²) in [5, 5.41) is 0.136. The van der Waals surface area contributed by atoms with Gasteiger partial charge in [0, 0.05) is 0 Å². The molecule has 52 valence electrons. The van der Waals surface area contributed by atoms with Crippen molar-refractivity contribution in [1.82, 2.24) is 0 Å². The third kappa shape index (κ3) is 3.14. The van der Waals surface area contributed by atoms with Gasteiger partial charge in [0.05, 0.1) is 6.61 Å². The van der Waals surface area contributed by atoms with Crippen LogP contribution in [0.4, 0.5) is 0 Å². The van der Waals surface area contributed by atoms with Gasteiger partial charge in [-0.05, 0) is 13.8 Å². The Bertz CT molecular complexity index is 129.